The van der Waals surface area contributed by atoms with Crippen LogP contribution in [-0.2, 0) is 11.8 Å². The molecule has 2 rings (SSSR count). The van der Waals surface area contributed by atoms with Gasteiger partial charge in [-0.15, -0.1) is 0 Å². The molecule has 0 spiro atoms. The van der Waals surface area contributed by atoms with Crippen molar-refractivity contribution in [3.05, 3.63) is 69.5 Å². The average molecular weight is 329 g/mol. The van der Waals surface area contributed by atoms with Gasteiger partial charge < -0.3 is 10.2 Å². The summed E-state index contributed by atoms with van der Waals surface area (Å²) in [6.07, 6.45) is 0.0934. The Morgan fingerprint density at radius 3 is 2.29 bits per heavy atom. The van der Waals surface area contributed by atoms with Gasteiger partial charge in [0.25, 0.3) is 0 Å². The van der Waals surface area contributed by atoms with Crippen LogP contribution in [0.1, 0.15) is 11.1 Å². The van der Waals surface area contributed by atoms with Crippen LogP contribution in [0.2, 0.25) is 10.0 Å². The Kier molecular flexibility index (Phi) is 5.22. The van der Waals surface area contributed by atoms with E-state index in [1.54, 1.807) is 24.3 Å². The second-order valence-corrected chi connectivity index (χ2v) is 5.83. The summed E-state index contributed by atoms with van der Waals surface area (Å²) in [7, 11) is 0. The van der Waals surface area contributed by atoms with Gasteiger partial charge in [-0.1, -0.05) is 41.4 Å². The zero-order valence-corrected chi connectivity index (χ0v) is 12.7. The first-order valence-corrected chi connectivity index (χ1v) is 7.18. The number of hydrogen-bond acceptors (Lipinski definition) is 2. The molecule has 0 aliphatic heterocycles. The molecule has 0 atom stereocenters. The molecule has 0 unspecified atom stereocenters. The molecule has 2 N–H and O–H groups in total. The van der Waals surface area contributed by atoms with E-state index in [2.05, 4.69) is 0 Å². The molecule has 0 saturated carbocycles. The van der Waals surface area contributed by atoms with Crippen molar-refractivity contribution in [3.8, 4) is 0 Å². The highest BCUT2D eigenvalue weighted by Crippen LogP contribution is 2.34. The molecule has 0 heterocycles. The van der Waals surface area contributed by atoms with Crippen LogP contribution in [0.15, 0.2) is 42.5 Å². The lowest BCUT2D eigenvalue weighted by Crippen LogP contribution is -2.38. The molecule has 0 fully saturated rings. The van der Waals surface area contributed by atoms with E-state index in [9.17, 15) is 14.6 Å². The van der Waals surface area contributed by atoms with Gasteiger partial charge in [-0.05, 0) is 41.8 Å². The molecular weight excluding hydrogens is 314 g/mol. The first kappa shape index (κ1) is 16.2. The topological polar surface area (TPSA) is 40.5 Å². The predicted molar refractivity (Wildman–Crippen MR) is 82.4 cm³/mol. The lowest BCUT2D eigenvalue weighted by Gasteiger charge is -2.31. The maximum atomic E-state index is 13.9. The Balaban J connectivity index is 2.48. The highest BCUT2D eigenvalue weighted by molar-refractivity contribution is 6.31. The van der Waals surface area contributed by atoms with E-state index < -0.39 is 11.2 Å². The highest BCUT2D eigenvalue weighted by atomic mass is 35.5. The largest absolute Gasteiger partial charge is 0.395 e. The summed E-state index contributed by atoms with van der Waals surface area (Å²) in [5.41, 5.74) is -0.161. The molecule has 0 amide bonds. The minimum Gasteiger partial charge on any atom is -0.395 e. The fourth-order valence-corrected chi connectivity index (χ4v) is 2.89. The van der Waals surface area contributed by atoms with E-state index in [0.29, 0.717) is 21.2 Å². The Bertz CT molecular complexity index is 627. The van der Waals surface area contributed by atoms with E-state index in [1.165, 1.54) is 18.2 Å². The summed E-state index contributed by atoms with van der Waals surface area (Å²) in [4.78, 5) is 0. The van der Waals surface area contributed by atoms with Crippen LogP contribution in [0.5, 0.6) is 0 Å². The van der Waals surface area contributed by atoms with Crippen LogP contribution >= 0.6 is 23.2 Å². The van der Waals surface area contributed by atoms with Gasteiger partial charge in [-0.2, -0.15) is 0 Å². The predicted octanol–water partition coefficient (Wildman–Crippen LogP) is 3.60. The molecule has 0 aliphatic rings. The molecule has 0 saturated heterocycles. The summed E-state index contributed by atoms with van der Waals surface area (Å²) < 4.78 is 13.9. The molecule has 0 aliphatic carbocycles. The molecule has 112 valence electrons. The third-order valence-corrected chi connectivity index (χ3v) is 4.15. The van der Waals surface area contributed by atoms with Gasteiger partial charge in [0, 0.05) is 15.5 Å². The standard InChI is InChI=1S/C16H15Cl2FO2/c17-12-5-6-15(19)11(7-12)8-16(9-20,10-21)13-3-1-2-4-14(13)18/h1-7,20-21H,8-10H2. The normalized spacial score (nSPS) is 11.7. The Labute approximate surface area is 132 Å². The molecule has 5 heteroatoms. The van der Waals surface area contributed by atoms with Crippen molar-refractivity contribution < 1.29 is 14.6 Å². The second kappa shape index (κ2) is 6.75. The maximum absolute atomic E-state index is 13.9. The van der Waals surface area contributed by atoms with Crippen molar-refractivity contribution >= 4 is 23.2 Å². The third-order valence-electron chi connectivity index (χ3n) is 3.59. The van der Waals surface area contributed by atoms with Crippen molar-refractivity contribution in [1.29, 1.82) is 0 Å². The minimum atomic E-state index is -1.07. The number of hydrogen-bond donors (Lipinski definition) is 2. The van der Waals surface area contributed by atoms with Crippen molar-refractivity contribution in [3.63, 3.8) is 0 Å². The quantitative estimate of drug-likeness (QED) is 0.880. The fourth-order valence-electron chi connectivity index (χ4n) is 2.36. The van der Waals surface area contributed by atoms with Crippen LogP contribution in [-0.4, -0.2) is 23.4 Å². The molecular formula is C16H15Cl2FO2. The van der Waals surface area contributed by atoms with Gasteiger partial charge in [0.05, 0.1) is 13.2 Å². The van der Waals surface area contributed by atoms with Crippen LogP contribution in [0.25, 0.3) is 0 Å². The smallest absolute Gasteiger partial charge is 0.126 e. The first-order chi connectivity index (χ1) is 10.0. The first-order valence-electron chi connectivity index (χ1n) is 6.43. The van der Waals surface area contributed by atoms with Crippen LogP contribution in [0.3, 0.4) is 0 Å². The Morgan fingerprint density at radius 1 is 1.00 bits per heavy atom. The summed E-state index contributed by atoms with van der Waals surface area (Å²) in [6.45, 7) is -0.724. The average Bonchev–Trinajstić information content (AvgIpc) is 2.49. The van der Waals surface area contributed by atoms with Crippen molar-refractivity contribution in [1.82, 2.24) is 0 Å². The lowest BCUT2D eigenvalue weighted by atomic mass is 9.76. The van der Waals surface area contributed by atoms with Gasteiger partial charge >= 0.3 is 0 Å². The van der Waals surface area contributed by atoms with Gasteiger partial charge in [-0.25, -0.2) is 4.39 Å². The van der Waals surface area contributed by atoms with E-state index in [-0.39, 0.29) is 19.6 Å². The summed E-state index contributed by atoms with van der Waals surface area (Å²) in [6, 6.07) is 11.1. The Hall–Kier alpha value is -1.13. The zero-order valence-electron chi connectivity index (χ0n) is 11.2. The summed E-state index contributed by atoms with van der Waals surface area (Å²) >= 11 is 12.1. The molecule has 0 aromatic heterocycles. The van der Waals surface area contributed by atoms with Gasteiger partial charge in [0.1, 0.15) is 5.82 Å². The van der Waals surface area contributed by atoms with Crippen LogP contribution in [0.4, 0.5) is 4.39 Å². The monoisotopic (exact) mass is 328 g/mol. The molecule has 2 aromatic carbocycles. The van der Waals surface area contributed by atoms with E-state index in [1.807, 2.05) is 0 Å². The van der Waals surface area contributed by atoms with Crippen molar-refractivity contribution in [2.24, 2.45) is 0 Å². The SMILES string of the molecule is OCC(CO)(Cc1cc(Cl)ccc1F)c1ccccc1Cl. The van der Waals surface area contributed by atoms with Crippen LogP contribution < -0.4 is 0 Å². The molecule has 2 nitrogen and oxygen atoms in total. The summed E-state index contributed by atoms with van der Waals surface area (Å²) in [5.74, 6) is -0.433. The maximum Gasteiger partial charge on any atom is 0.126 e. The molecule has 2 aromatic rings. The number of halogens is 3. The van der Waals surface area contributed by atoms with Gasteiger partial charge in [0.2, 0.25) is 0 Å². The second-order valence-electron chi connectivity index (χ2n) is 4.99. The van der Waals surface area contributed by atoms with Crippen molar-refractivity contribution in [2.75, 3.05) is 13.2 Å². The highest BCUT2D eigenvalue weighted by Gasteiger charge is 2.34. The molecule has 0 bridgehead atoms. The number of aliphatic hydroxyl groups excluding tert-OH is 2. The van der Waals surface area contributed by atoms with E-state index in [4.69, 9.17) is 23.2 Å². The summed E-state index contributed by atoms with van der Waals surface area (Å²) in [5, 5.41) is 20.4. The Morgan fingerprint density at radius 2 is 1.67 bits per heavy atom. The fraction of sp³-hybridized carbons (Fsp3) is 0.250. The lowest BCUT2D eigenvalue weighted by molar-refractivity contribution is 0.115. The number of benzene rings is 2. The van der Waals surface area contributed by atoms with Gasteiger partial charge in [0.15, 0.2) is 0 Å². The molecule has 0 radical (unpaired) electrons. The number of rotatable bonds is 5. The van der Waals surface area contributed by atoms with Crippen LogP contribution in [0, 0.1) is 5.82 Å². The molecule has 21 heavy (non-hydrogen) atoms. The zero-order chi connectivity index (χ0) is 15.5. The third kappa shape index (κ3) is 3.38. The van der Waals surface area contributed by atoms with E-state index in [0.717, 1.165) is 0 Å². The van der Waals surface area contributed by atoms with Crippen molar-refractivity contribution in [2.45, 2.75) is 11.8 Å². The van der Waals surface area contributed by atoms with E-state index >= 15 is 0 Å². The minimum absolute atomic E-state index is 0.0934. The van der Waals surface area contributed by atoms with Gasteiger partial charge in [-0.3, -0.25) is 0 Å². The number of aliphatic hydroxyl groups is 2.